The number of carboxylic acid groups (broad SMARTS) is 1. The zero-order chi connectivity index (χ0) is 24.2. The second kappa shape index (κ2) is 9.97. The maximum absolute atomic E-state index is 12.0. The molecule has 0 spiro atoms. The Morgan fingerprint density at radius 2 is 2.00 bits per heavy atom. The van der Waals surface area contributed by atoms with Crippen LogP contribution in [0.25, 0.3) is 27.6 Å². The number of aromatic amines is 1. The highest BCUT2D eigenvalue weighted by Crippen LogP contribution is 2.37. The highest BCUT2D eigenvalue weighted by Gasteiger charge is 2.25. The molecule has 3 N–H and O–H groups in total. The Bertz CT molecular complexity index is 1370. The summed E-state index contributed by atoms with van der Waals surface area (Å²) in [6.45, 7) is 0.419. The van der Waals surface area contributed by atoms with Crippen LogP contribution in [-0.2, 0) is 16.1 Å². The highest BCUT2D eigenvalue weighted by molar-refractivity contribution is 6.03. The third-order valence-electron chi connectivity index (χ3n) is 6.48. The molecule has 178 valence electrons. The van der Waals surface area contributed by atoms with Gasteiger partial charge >= 0.3 is 5.97 Å². The van der Waals surface area contributed by atoms with E-state index in [1.807, 2.05) is 18.2 Å². The van der Waals surface area contributed by atoms with Crippen LogP contribution in [0.15, 0.2) is 61.1 Å². The van der Waals surface area contributed by atoms with Gasteiger partial charge in [0.1, 0.15) is 6.29 Å². The van der Waals surface area contributed by atoms with Crippen molar-refractivity contribution in [3.8, 4) is 11.1 Å². The molecule has 1 aliphatic rings. The summed E-state index contributed by atoms with van der Waals surface area (Å²) >= 11 is 0. The van der Waals surface area contributed by atoms with Gasteiger partial charge in [0.2, 0.25) is 0 Å². The number of aldehydes is 1. The molecule has 2 aromatic carbocycles. The molecule has 0 aliphatic heterocycles. The van der Waals surface area contributed by atoms with Crippen molar-refractivity contribution >= 4 is 34.5 Å². The first-order valence-electron chi connectivity index (χ1n) is 11.8. The summed E-state index contributed by atoms with van der Waals surface area (Å²) in [5, 5.41) is 18.5. The minimum Gasteiger partial charge on any atom is -0.480 e. The predicted molar refractivity (Wildman–Crippen MR) is 135 cm³/mol. The number of fused-ring (bicyclic) bond motifs is 1. The van der Waals surface area contributed by atoms with Crippen molar-refractivity contribution in [2.75, 3.05) is 5.32 Å². The number of benzene rings is 2. The number of hydrogen-bond donors (Lipinski definition) is 3. The molecule has 8 nitrogen and oxygen atoms in total. The summed E-state index contributed by atoms with van der Waals surface area (Å²) in [6.07, 6.45) is 10.9. The Balaban J connectivity index is 1.60. The smallest absolute Gasteiger partial charge is 0.328 e. The van der Waals surface area contributed by atoms with E-state index in [4.69, 9.17) is 0 Å². The number of carbonyl (C=O) groups excluding carboxylic acids is 1. The standard InChI is InChI=1S/C27H27N5O3/c33-14-13-24(27(34)35)32-23-8-4-7-22(25(23)26(31-32)29-16-21-15-28-17-30-21)20-11-9-19(10-12-20)18-5-2-1-3-6-18/h4-5,7-12,14-15,17,24H,1-3,6,13,16H2,(H,28,30)(H,29,31)(H,34,35). The zero-order valence-electron chi connectivity index (χ0n) is 19.3. The minimum atomic E-state index is -1.10. The lowest BCUT2D eigenvalue weighted by molar-refractivity contribution is -0.142. The Kier molecular flexibility index (Phi) is 6.43. The molecule has 5 rings (SSSR count). The van der Waals surface area contributed by atoms with Crippen LogP contribution in [0.4, 0.5) is 5.82 Å². The zero-order valence-corrected chi connectivity index (χ0v) is 19.3. The normalized spacial score (nSPS) is 14.5. The monoisotopic (exact) mass is 469 g/mol. The Hall–Kier alpha value is -4.20. The van der Waals surface area contributed by atoms with Gasteiger partial charge in [-0.2, -0.15) is 5.10 Å². The summed E-state index contributed by atoms with van der Waals surface area (Å²) in [6, 6.07) is 13.2. The molecule has 0 amide bonds. The molecule has 2 heterocycles. The minimum absolute atomic E-state index is 0.168. The fourth-order valence-corrected chi connectivity index (χ4v) is 4.72. The van der Waals surface area contributed by atoms with Gasteiger partial charge in [0.15, 0.2) is 11.9 Å². The average Bonchev–Trinajstić information content (AvgIpc) is 3.54. The van der Waals surface area contributed by atoms with Crippen molar-refractivity contribution in [1.82, 2.24) is 19.7 Å². The second-order valence-corrected chi connectivity index (χ2v) is 8.72. The van der Waals surface area contributed by atoms with Crippen LogP contribution in [0.2, 0.25) is 0 Å². The summed E-state index contributed by atoms with van der Waals surface area (Å²) in [4.78, 5) is 30.4. The van der Waals surface area contributed by atoms with E-state index in [-0.39, 0.29) is 6.42 Å². The van der Waals surface area contributed by atoms with E-state index in [1.165, 1.54) is 28.7 Å². The molecule has 1 atom stereocenters. The van der Waals surface area contributed by atoms with Crippen LogP contribution in [0.5, 0.6) is 0 Å². The van der Waals surface area contributed by atoms with E-state index in [9.17, 15) is 14.7 Å². The van der Waals surface area contributed by atoms with Crippen molar-refractivity contribution in [2.24, 2.45) is 0 Å². The van der Waals surface area contributed by atoms with E-state index in [1.54, 1.807) is 12.5 Å². The lowest BCUT2D eigenvalue weighted by Crippen LogP contribution is -2.20. The van der Waals surface area contributed by atoms with Crippen molar-refractivity contribution < 1.29 is 14.7 Å². The molecule has 35 heavy (non-hydrogen) atoms. The summed E-state index contributed by atoms with van der Waals surface area (Å²) in [7, 11) is 0. The van der Waals surface area contributed by atoms with Gasteiger partial charge in [-0.05, 0) is 54.0 Å². The maximum atomic E-state index is 12.0. The number of rotatable bonds is 9. The molecular weight excluding hydrogens is 442 g/mol. The molecule has 4 aromatic rings. The van der Waals surface area contributed by atoms with Crippen molar-refractivity contribution in [2.45, 2.75) is 44.7 Å². The van der Waals surface area contributed by atoms with Crippen LogP contribution in [0.1, 0.15) is 49.4 Å². The van der Waals surface area contributed by atoms with Gasteiger partial charge in [-0.25, -0.2) is 14.5 Å². The average molecular weight is 470 g/mol. The number of anilines is 1. The molecule has 1 aliphatic carbocycles. The first-order chi connectivity index (χ1) is 17.2. The number of nitrogens with zero attached hydrogens (tertiary/aromatic N) is 3. The maximum Gasteiger partial charge on any atom is 0.328 e. The third kappa shape index (κ3) is 4.59. The number of carbonyl (C=O) groups is 2. The Labute approximate surface area is 202 Å². The number of H-pyrrole nitrogens is 1. The van der Waals surface area contributed by atoms with Gasteiger partial charge in [-0.1, -0.05) is 42.5 Å². The first kappa shape index (κ1) is 22.6. The Morgan fingerprint density at radius 1 is 1.17 bits per heavy atom. The van der Waals surface area contributed by atoms with Gasteiger partial charge in [-0.3, -0.25) is 0 Å². The number of hydrogen-bond acceptors (Lipinski definition) is 5. The lowest BCUT2D eigenvalue weighted by Gasteiger charge is -2.14. The van der Waals surface area contributed by atoms with E-state index >= 15 is 0 Å². The van der Waals surface area contributed by atoms with E-state index in [2.05, 4.69) is 50.7 Å². The predicted octanol–water partition coefficient (Wildman–Crippen LogP) is 5.21. The lowest BCUT2D eigenvalue weighted by atomic mass is 9.92. The molecule has 0 saturated carbocycles. The largest absolute Gasteiger partial charge is 0.480 e. The van der Waals surface area contributed by atoms with Crippen LogP contribution in [0.3, 0.4) is 0 Å². The number of nitrogens with one attached hydrogen (secondary N) is 2. The number of carboxylic acids is 1. The van der Waals surface area contributed by atoms with Crippen molar-refractivity contribution in [3.05, 3.63) is 72.3 Å². The van der Waals surface area contributed by atoms with E-state index in [0.717, 1.165) is 35.0 Å². The van der Waals surface area contributed by atoms with E-state index < -0.39 is 12.0 Å². The molecule has 1 unspecified atom stereocenters. The number of aromatic nitrogens is 4. The molecule has 0 radical (unpaired) electrons. The quantitative estimate of drug-likeness (QED) is 0.290. The van der Waals surface area contributed by atoms with Gasteiger partial charge in [-0.15, -0.1) is 0 Å². The summed E-state index contributed by atoms with van der Waals surface area (Å²) in [5.41, 5.74) is 6.05. The van der Waals surface area contributed by atoms with Crippen LogP contribution in [-0.4, -0.2) is 37.1 Å². The Morgan fingerprint density at radius 3 is 2.69 bits per heavy atom. The van der Waals surface area contributed by atoms with Gasteiger partial charge in [0, 0.05) is 12.6 Å². The molecular formula is C27H27N5O3. The highest BCUT2D eigenvalue weighted by atomic mass is 16.4. The van der Waals surface area contributed by atoms with Gasteiger partial charge < -0.3 is 20.2 Å². The number of imidazole rings is 1. The fraction of sp³-hybridized carbons (Fsp3) is 0.259. The van der Waals surface area contributed by atoms with Crippen LogP contribution >= 0.6 is 0 Å². The molecule has 8 heteroatoms. The first-order valence-corrected chi connectivity index (χ1v) is 11.8. The summed E-state index contributed by atoms with van der Waals surface area (Å²) < 4.78 is 1.43. The third-order valence-corrected chi connectivity index (χ3v) is 6.48. The molecule has 0 saturated heterocycles. The topological polar surface area (TPSA) is 113 Å². The van der Waals surface area contributed by atoms with Crippen LogP contribution < -0.4 is 5.32 Å². The SMILES string of the molecule is O=CCC(C(=O)O)n1nc(NCc2c[nH]cn2)c2c(-c3ccc(C4=CCCCC4)cc3)cccc21. The fourth-order valence-electron chi connectivity index (χ4n) is 4.72. The summed E-state index contributed by atoms with van der Waals surface area (Å²) in [5.74, 6) is -0.550. The number of allylic oxidation sites excluding steroid dienone is 2. The van der Waals surface area contributed by atoms with Crippen molar-refractivity contribution in [3.63, 3.8) is 0 Å². The number of aliphatic carboxylic acids is 1. The van der Waals surface area contributed by atoms with Crippen LogP contribution in [0, 0.1) is 0 Å². The van der Waals surface area contributed by atoms with E-state index in [0.29, 0.717) is 24.2 Å². The molecule has 2 aromatic heterocycles. The van der Waals surface area contributed by atoms with Gasteiger partial charge in [0.25, 0.3) is 0 Å². The molecule has 0 bridgehead atoms. The second-order valence-electron chi connectivity index (χ2n) is 8.72. The molecule has 0 fully saturated rings. The van der Waals surface area contributed by atoms with Crippen molar-refractivity contribution in [1.29, 1.82) is 0 Å². The van der Waals surface area contributed by atoms with Gasteiger partial charge in [0.05, 0.1) is 29.5 Å².